The fourth-order valence-electron chi connectivity index (χ4n) is 3.27. The van der Waals surface area contributed by atoms with Crippen molar-refractivity contribution in [1.82, 2.24) is 4.40 Å². The molecule has 0 aliphatic carbocycles. The molecule has 0 amide bonds. The van der Waals surface area contributed by atoms with E-state index in [0.717, 1.165) is 32.8 Å². The Hall–Kier alpha value is -2.70. The van der Waals surface area contributed by atoms with E-state index < -0.39 is 0 Å². The van der Waals surface area contributed by atoms with Gasteiger partial charge in [0.2, 0.25) is 0 Å². The Bertz CT molecular complexity index is 1120. The average Bonchev–Trinajstić information content (AvgIpc) is 2.81. The lowest BCUT2D eigenvalue weighted by Gasteiger charge is -2.10. The number of aryl methyl sites for hydroxylation is 1. The molecule has 0 atom stereocenters. The summed E-state index contributed by atoms with van der Waals surface area (Å²) in [6.45, 7) is 2.06. The number of hydrogen-bond donors (Lipinski definition) is 1. The molecule has 0 fully saturated rings. The minimum Gasteiger partial charge on any atom is -0.384 e. The molecule has 2 aromatic heterocycles. The second kappa shape index (κ2) is 4.40. The van der Waals surface area contributed by atoms with Crippen LogP contribution < -0.4 is 5.73 Å². The summed E-state index contributed by atoms with van der Waals surface area (Å²) in [4.78, 5) is 0. The summed E-state index contributed by atoms with van der Waals surface area (Å²) < 4.78 is 1.96. The van der Waals surface area contributed by atoms with Crippen LogP contribution in [0.4, 0.5) is 5.82 Å². The third-order valence-electron chi connectivity index (χ3n) is 4.24. The molecule has 2 N–H and O–H groups in total. The van der Waals surface area contributed by atoms with E-state index >= 15 is 0 Å². The summed E-state index contributed by atoms with van der Waals surface area (Å²) in [5.41, 5.74) is 9.95. The Kier molecular flexibility index (Phi) is 2.60. The minimum atomic E-state index is 0.469. The molecule has 4 rings (SSSR count). The number of nitriles is 1. The first-order chi connectivity index (χ1) is 10.6. The standard InChI is InChI=1S/C18H12ClN3/c1-10-14-8-11(19)6-7-16(14)22-17(10)13-5-3-2-4-12(13)15(9-20)18(22)21/h2-8H,21H2,1H3. The van der Waals surface area contributed by atoms with Gasteiger partial charge in [-0.2, -0.15) is 5.26 Å². The van der Waals surface area contributed by atoms with E-state index in [4.69, 9.17) is 17.3 Å². The van der Waals surface area contributed by atoms with Crippen molar-refractivity contribution in [2.45, 2.75) is 6.92 Å². The summed E-state index contributed by atoms with van der Waals surface area (Å²) in [6.07, 6.45) is 0. The van der Waals surface area contributed by atoms with E-state index in [-0.39, 0.29) is 0 Å². The average molecular weight is 306 g/mol. The number of hydrogen-bond acceptors (Lipinski definition) is 2. The van der Waals surface area contributed by atoms with Crippen LogP contribution in [-0.4, -0.2) is 4.40 Å². The second-order valence-electron chi connectivity index (χ2n) is 5.39. The third-order valence-corrected chi connectivity index (χ3v) is 4.48. The summed E-state index contributed by atoms with van der Waals surface area (Å²) in [7, 11) is 0. The molecule has 0 unspecified atom stereocenters. The molecule has 22 heavy (non-hydrogen) atoms. The first-order valence-corrected chi connectivity index (χ1v) is 7.32. The van der Waals surface area contributed by atoms with Gasteiger partial charge in [-0.25, -0.2) is 0 Å². The summed E-state index contributed by atoms with van der Waals surface area (Å²) in [5, 5.41) is 13.2. The van der Waals surface area contributed by atoms with Crippen molar-refractivity contribution in [2.75, 3.05) is 5.73 Å². The highest BCUT2D eigenvalue weighted by atomic mass is 35.5. The SMILES string of the molecule is Cc1c2cc(Cl)ccc2n2c(N)c(C#N)c3ccccc3c12. The number of aromatic nitrogens is 1. The van der Waals surface area contributed by atoms with E-state index in [1.807, 2.05) is 46.9 Å². The molecule has 0 radical (unpaired) electrons. The van der Waals surface area contributed by atoms with Crippen molar-refractivity contribution in [3.05, 3.63) is 58.6 Å². The Morgan fingerprint density at radius 1 is 1.09 bits per heavy atom. The summed E-state index contributed by atoms with van der Waals surface area (Å²) in [5.74, 6) is 0.469. The molecular formula is C18H12ClN3. The molecule has 0 aliphatic rings. The van der Waals surface area contributed by atoms with Crippen molar-refractivity contribution >= 4 is 44.6 Å². The zero-order valence-electron chi connectivity index (χ0n) is 11.9. The van der Waals surface area contributed by atoms with Crippen LogP contribution in [0.15, 0.2) is 42.5 Å². The molecule has 4 aromatic rings. The molecule has 0 saturated heterocycles. The van der Waals surface area contributed by atoms with Gasteiger partial charge in [0, 0.05) is 21.2 Å². The quantitative estimate of drug-likeness (QED) is 0.513. The van der Waals surface area contributed by atoms with E-state index in [1.54, 1.807) is 0 Å². The third kappa shape index (κ3) is 1.50. The maximum atomic E-state index is 9.53. The lowest BCUT2D eigenvalue weighted by molar-refractivity contribution is 1.26. The number of rotatable bonds is 0. The monoisotopic (exact) mass is 305 g/mol. The smallest absolute Gasteiger partial charge is 0.127 e. The largest absolute Gasteiger partial charge is 0.384 e. The molecule has 106 valence electrons. The van der Waals surface area contributed by atoms with Crippen LogP contribution in [0.5, 0.6) is 0 Å². The topological polar surface area (TPSA) is 54.2 Å². The van der Waals surface area contributed by atoms with Gasteiger partial charge in [-0.1, -0.05) is 35.9 Å². The number of nitrogen functional groups attached to an aromatic ring is 1. The number of nitrogens with zero attached hydrogens (tertiary/aromatic N) is 2. The van der Waals surface area contributed by atoms with Crippen molar-refractivity contribution in [3.63, 3.8) is 0 Å². The van der Waals surface area contributed by atoms with E-state index in [1.165, 1.54) is 0 Å². The molecule has 2 aromatic carbocycles. The molecule has 3 nitrogen and oxygen atoms in total. The first-order valence-electron chi connectivity index (χ1n) is 6.94. The maximum absolute atomic E-state index is 9.53. The van der Waals surface area contributed by atoms with Gasteiger partial charge < -0.3 is 5.73 Å². The van der Waals surface area contributed by atoms with Crippen LogP contribution in [0.25, 0.3) is 27.2 Å². The van der Waals surface area contributed by atoms with Gasteiger partial charge in [-0.15, -0.1) is 0 Å². The molecule has 0 aliphatic heterocycles. The number of anilines is 1. The fraction of sp³-hybridized carbons (Fsp3) is 0.0556. The van der Waals surface area contributed by atoms with Crippen LogP contribution in [0.1, 0.15) is 11.1 Å². The Morgan fingerprint density at radius 3 is 2.55 bits per heavy atom. The van der Waals surface area contributed by atoms with Crippen LogP contribution >= 0.6 is 11.6 Å². The lowest BCUT2D eigenvalue weighted by atomic mass is 10.0. The molecular weight excluding hydrogens is 294 g/mol. The van der Waals surface area contributed by atoms with Crippen LogP contribution in [0, 0.1) is 18.3 Å². The zero-order chi connectivity index (χ0) is 15.4. The number of pyridine rings is 1. The van der Waals surface area contributed by atoms with Crippen LogP contribution in [0.3, 0.4) is 0 Å². The highest BCUT2D eigenvalue weighted by molar-refractivity contribution is 6.31. The van der Waals surface area contributed by atoms with Crippen LogP contribution in [-0.2, 0) is 0 Å². The van der Waals surface area contributed by atoms with Gasteiger partial charge in [-0.3, -0.25) is 4.40 Å². The minimum absolute atomic E-state index is 0.469. The highest BCUT2D eigenvalue weighted by Crippen LogP contribution is 2.37. The second-order valence-corrected chi connectivity index (χ2v) is 5.82. The van der Waals surface area contributed by atoms with Crippen molar-refractivity contribution in [3.8, 4) is 6.07 Å². The predicted octanol–water partition coefficient (Wildman–Crippen LogP) is 4.66. The molecule has 0 spiro atoms. The fourth-order valence-corrected chi connectivity index (χ4v) is 3.44. The number of fused-ring (bicyclic) bond motifs is 5. The Morgan fingerprint density at radius 2 is 1.82 bits per heavy atom. The van der Waals surface area contributed by atoms with E-state index in [9.17, 15) is 5.26 Å². The van der Waals surface area contributed by atoms with Gasteiger partial charge in [0.05, 0.1) is 11.0 Å². The molecule has 2 heterocycles. The Labute approximate surface area is 132 Å². The van der Waals surface area contributed by atoms with Gasteiger partial charge >= 0.3 is 0 Å². The number of halogens is 1. The number of nitrogens with two attached hydrogens (primary N) is 1. The summed E-state index contributed by atoms with van der Waals surface area (Å²) in [6, 6.07) is 15.8. The normalized spacial score (nSPS) is 11.3. The van der Waals surface area contributed by atoms with Crippen molar-refractivity contribution in [2.24, 2.45) is 0 Å². The Balaban J connectivity index is 2.43. The zero-order valence-corrected chi connectivity index (χ0v) is 12.6. The maximum Gasteiger partial charge on any atom is 0.127 e. The van der Waals surface area contributed by atoms with E-state index in [2.05, 4.69) is 13.0 Å². The highest BCUT2D eigenvalue weighted by Gasteiger charge is 2.17. The lowest BCUT2D eigenvalue weighted by Crippen LogP contribution is -2.01. The van der Waals surface area contributed by atoms with Gasteiger partial charge in [0.15, 0.2) is 0 Å². The molecule has 4 heteroatoms. The van der Waals surface area contributed by atoms with E-state index in [0.29, 0.717) is 16.4 Å². The first kappa shape index (κ1) is 13.0. The van der Waals surface area contributed by atoms with Crippen molar-refractivity contribution < 1.29 is 0 Å². The summed E-state index contributed by atoms with van der Waals surface area (Å²) >= 11 is 6.14. The van der Waals surface area contributed by atoms with Gasteiger partial charge in [-0.05, 0) is 30.7 Å². The van der Waals surface area contributed by atoms with Gasteiger partial charge in [0.1, 0.15) is 17.5 Å². The van der Waals surface area contributed by atoms with Gasteiger partial charge in [0.25, 0.3) is 0 Å². The number of benzene rings is 2. The van der Waals surface area contributed by atoms with Crippen molar-refractivity contribution in [1.29, 1.82) is 5.26 Å². The predicted molar refractivity (Wildman–Crippen MR) is 91.3 cm³/mol. The molecule has 0 bridgehead atoms. The molecule has 0 saturated carbocycles. The van der Waals surface area contributed by atoms with Crippen LogP contribution in [0.2, 0.25) is 5.02 Å².